The number of carbonyl (C=O) groups is 2. The second kappa shape index (κ2) is 12.0. The second-order valence-electron chi connectivity index (χ2n) is 7.68. The Morgan fingerprint density at radius 3 is 2.45 bits per heavy atom. The summed E-state index contributed by atoms with van der Waals surface area (Å²) in [4.78, 5) is 27.3. The molecular weight excluding hydrogens is 469 g/mol. The molecule has 2 amide bonds. The van der Waals surface area contributed by atoms with E-state index in [1.165, 1.54) is 23.1 Å². The van der Waals surface area contributed by atoms with Gasteiger partial charge in [0.15, 0.2) is 0 Å². The molecule has 0 heterocycles. The zero-order chi connectivity index (χ0) is 24.6. The first-order valence-corrected chi connectivity index (χ1v) is 12.8. The van der Waals surface area contributed by atoms with Crippen molar-refractivity contribution in [2.45, 2.75) is 39.3 Å². The number of halogens is 2. The first kappa shape index (κ1) is 26.6. The molecule has 0 saturated heterocycles. The summed E-state index contributed by atoms with van der Waals surface area (Å²) in [6.07, 6.45) is 2.62. The van der Waals surface area contributed by atoms with Crippen molar-refractivity contribution in [2.24, 2.45) is 0 Å². The highest BCUT2D eigenvalue weighted by molar-refractivity contribution is 7.92. The van der Waals surface area contributed by atoms with Gasteiger partial charge in [-0.25, -0.2) is 12.8 Å². The van der Waals surface area contributed by atoms with Crippen molar-refractivity contribution < 1.29 is 22.4 Å². The quantitative estimate of drug-likeness (QED) is 0.481. The molecular formula is C23H29ClFN3O4S. The van der Waals surface area contributed by atoms with Crippen LogP contribution in [0.2, 0.25) is 5.02 Å². The molecule has 0 aliphatic rings. The van der Waals surface area contributed by atoms with Gasteiger partial charge in [-0.1, -0.05) is 49.2 Å². The average molecular weight is 498 g/mol. The van der Waals surface area contributed by atoms with Crippen molar-refractivity contribution in [1.82, 2.24) is 10.2 Å². The lowest BCUT2D eigenvalue weighted by molar-refractivity contribution is -0.139. The number of unbranched alkanes of at least 4 members (excludes halogenated alkanes) is 1. The Bertz CT molecular complexity index is 1080. The minimum Gasteiger partial charge on any atom is -0.354 e. The highest BCUT2D eigenvalue weighted by Crippen LogP contribution is 2.22. The maximum absolute atomic E-state index is 13.7. The zero-order valence-corrected chi connectivity index (χ0v) is 20.5. The van der Waals surface area contributed by atoms with Crippen molar-refractivity contribution in [1.29, 1.82) is 0 Å². The first-order chi connectivity index (χ1) is 15.5. The minimum atomic E-state index is -3.92. The van der Waals surface area contributed by atoms with Gasteiger partial charge in [-0.05, 0) is 43.2 Å². The average Bonchev–Trinajstić information content (AvgIpc) is 2.75. The fourth-order valence-electron chi connectivity index (χ4n) is 3.17. The maximum atomic E-state index is 13.7. The summed E-state index contributed by atoms with van der Waals surface area (Å²) in [5.41, 5.74) is 0.626. The largest absolute Gasteiger partial charge is 0.354 e. The van der Waals surface area contributed by atoms with Crippen molar-refractivity contribution in [2.75, 3.05) is 23.7 Å². The number of hydrogen-bond donors (Lipinski definition) is 1. The number of carbonyl (C=O) groups excluding carboxylic acids is 2. The normalized spacial score (nSPS) is 12.2. The van der Waals surface area contributed by atoms with E-state index in [4.69, 9.17) is 11.6 Å². The van der Waals surface area contributed by atoms with Gasteiger partial charge in [-0.2, -0.15) is 0 Å². The van der Waals surface area contributed by atoms with Crippen molar-refractivity contribution >= 4 is 39.1 Å². The van der Waals surface area contributed by atoms with E-state index >= 15 is 0 Å². The second-order valence-corrected chi connectivity index (χ2v) is 10.00. The third kappa shape index (κ3) is 7.71. The van der Waals surface area contributed by atoms with Crippen LogP contribution in [-0.2, 0) is 26.2 Å². The number of hydrogen-bond acceptors (Lipinski definition) is 4. The van der Waals surface area contributed by atoms with Gasteiger partial charge in [0, 0.05) is 18.1 Å². The van der Waals surface area contributed by atoms with E-state index in [9.17, 15) is 22.4 Å². The molecule has 0 aromatic heterocycles. The summed E-state index contributed by atoms with van der Waals surface area (Å²) in [6, 6.07) is 11.0. The van der Waals surface area contributed by atoms with Crippen molar-refractivity contribution in [3.8, 4) is 0 Å². The highest BCUT2D eigenvalue weighted by atomic mass is 35.5. The van der Waals surface area contributed by atoms with Crippen LogP contribution in [-0.4, -0.2) is 50.5 Å². The van der Waals surface area contributed by atoms with Crippen LogP contribution in [0.15, 0.2) is 48.5 Å². The van der Waals surface area contributed by atoms with Gasteiger partial charge in [0.05, 0.1) is 11.9 Å². The molecule has 0 radical (unpaired) electrons. The summed E-state index contributed by atoms with van der Waals surface area (Å²) >= 11 is 6.26. The van der Waals surface area contributed by atoms with Crippen LogP contribution in [0.4, 0.5) is 10.1 Å². The predicted octanol–water partition coefficient (Wildman–Crippen LogP) is 3.58. The molecule has 0 fully saturated rings. The van der Waals surface area contributed by atoms with E-state index < -0.39 is 34.3 Å². The Hall–Kier alpha value is -2.65. The Balaban J connectivity index is 2.36. The number of anilines is 1. The molecule has 7 nitrogen and oxygen atoms in total. The molecule has 0 aliphatic heterocycles. The SMILES string of the molecule is CCCCNC(=O)[C@@H](C)N(Cc1ccccc1Cl)C(=O)CN(c1cccc(F)c1)S(C)(=O)=O. The number of sulfonamides is 1. The first-order valence-electron chi connectivity index (χ1n) is 10.6. The van der Waals surface area contributed by atoms with E-state index in [-0.39, 0.29) is 18.1 Å². The van der Waals surface area contributed by atoms with Gasteiger partial charge in [0.1, 0.15) is 18.4 Å². The van der Waals surface area contributed by atoms with Crippen molar-refractivity contribution in [3.05, 3.63) is 64.9 Å². The Kier molecular flexibility index (Phi) is 9.67. The van der Waals surface area contributed by atoms with E-state index in [1.54, 1.807) is 31.2 Å². The molecule has 2 rings (SSSR count). The summed E-state index contributed by atoms with van der Waals surface area (Å²) in [5.74, 6) is -1.62. The molecule has 0 saturated carbocycles. The lowest BCUT2D eigenvalue weighted by atomic mass is 10.1. The fraction of sp³-hybridized carbons (Fsp3) is 0.391. The molecule has 0 bridgehead atoms. The van der Waals surface area contributed by atoms with Crippen LogP contribution in [0, 0.1) is 5.82 Å². The Labute approximate surface area is 199 Å². The monoisotopic (exact) mass is 497 g/mol. The fourth-order valence-corrected chi connectivity index (χ4v) is 4.21. The van der Waals surface area contributed by atoms with Gasteiger partial charge in [0.2, 0.25) is 21.8 Å². The number of benzene rings is 2. The molecule has 1 atom stereocenters. The molecule has 2 aromatic carbocycles. The summed E-state index contributed by atoms with van der Waals surface area (Å²) in [5, 5.41) is 3.21. The van der Waals surface area contributed by atoms with E-state index in [1.807, 2.05) is 6.92 Å². The summed E-state index contributed by atoms with van der Waals surface area (Å²) in [6.45, 7) is 3.44. The smallest absolute Gasteiger partial charge is 0.244 e. The molecule has 180 valence electrons. The Morgan fingerprint density at radius 2 is 1.85 bits per heavy atom. The topological polar surface area (TPSA) is 86.8 Å². The van der Waals surface area contributed by atoms with Crippen LogP contribution < -0.4 is 9.62 Å². The van der Waals surface area contributed by atoms with Gasteiger partial charge < -0.3 is 10.2 Å². The number of amides is 2. The van der Waals surface area contributed by atoms with Crippen LogP contribution in [0.3, 0.4) is 0 Å². The lowest BCUT2D eigenvalue weighted by Crippen LogP contribution is -2.51. The zero-order valence-electron chi connectivity index (χ0n) is 18.9. The van der Waals surface area contributed by atoms with Crippen LogP contribution >= 0.6 is 11.6 Å². The Morgan fingerprint density at radius 1 is 1.15 bits per heavy atom. The van der Waals surface area contributed by atoms with Gasteiger partial charge in [-0.3, -0.25) is 13.9 Å². The molecule has 10 heteroatoms. The third-order valence-electron chi connectivity index (χ3n) is 5.07. The summed E-state index contributed by atoms with van der Waals surface area (Å²) < 4.78 is 39.4. The van der Waals surface area contributed by atoms with E-state index in [0.29, 0.717) is 17.1 Å². The van der Waals surface area contributed by atoms with Crippen LogP contribution in [0.25, 0.3) is 0 Å². The van der Waals surface area contributed by atoms with Gasteiger partial charge in [-0.15, -0.1) is 0 Å². The molecule has 33 heavy (non-hydrogen) atoms. The number of nitrogens with zero attached hydrogens (tertiary/aromatic N) is 2. The molecule has 1 N–H and O–H groups in total. The lowest BCUT2D eigenvalue weighted by Gasteiger charge is -2.31. The van der Waals surface area contributed by atoms with E-state index in [0.717, 1.165) is 29.5 Å². The molecule has 2 aromatic rings. The molecule has 0 aliphatic carbocycles. The van der Waals surface area contributed by atoms with Crippen molar-refractivity contribution in [3.63, 3.8) is 0 Å². The van der Waals surface area contributed by atoms with E-state index in [2.05, 4.69) is 5.32 Å². The standard InChI is InChI=1S/C23H29ClFN3O4S/c1-4-5-13-26-23(30)17(2)27(15-18-9-6-7-12-21(18)24)22(29)16-28(33(3,31)32)20-11-8-10-19(25)14-20/h6-12,14,17H,4-5,13,15-16H2,1-3H3,(H,26,30)/t17-/m1/s1. The van der Waals surface area contributed by atoms with Crippen LogP contribution in [0.5, 0.6) is 0 Å². The minimum absolute atomic E-state index is 0.00161. The summed E-state index contributed by atoms with van der Waals surface area (Å²) in [7, 11) is -3.92. The van der Waals surface area contributed by atoms with Gasteiger partial charge >= 0.3 is 0 Å². The highest BCUT2D eigenvalue weighted by Gasteiger charge is 2.30. The predicted molar refractivity (Wildman–Crippen MR) is 128 cm³/mol. The number of rotatable bonds is 11. The molecule has 0 spiro atoms. The van der Waals surface area contributed by atoms with Gasteiger partial charge in [0.25, 0.3) is 0 Å². The van der Waals surface area contributed by atoms with Crippen LogP contribution in [0.1, 0.15) is 32.3 Å². The molecule has 0 unspecified atom stereocenters. The number of nitrogens with one attached hydrogen (secondary N) is 1. The third-order valence-corrected chi connectivity index (χ3v) is 6.58. The maximum Gasteiger partial charge on any atom is 0.244 e.